The van der Waals surface area contributed by atoms with Crippen LogP contribution in [0.3, 0.4) is 0 Å². The number of amides is 1. The third-order valence-corrected chi connectivity index (χ3v) is 5.01. The molecule has 0 N–H and O–H groups in total. The third-order valence-electron chi connectivity index (χ3n) is 5.01. The molecule has 9 heteroatoms. The molecule has 0 aliphatic carbocycles. The van der Waals surface area contributed by atoms with E-state index in [0.717, 1.165) is 0 Å². The minimum absolute atomic E-state index is 0.154. The molecule has 0 saturated carbocycles. The Bertz CT molecular complexity index is 924. The number of esters is 1. The third kappa shape index (κ3) is 3.80. The number of aromatic nitrogens is 2. The second-order valence-corrected chi connectivity index (χ2v) is 6.77. The Morgan fingerprint density at radius 3 is 2.68 bits per heavy atom. The van der Waals surface area contributed by atoms with Gasteiger partial charge < -0.3 is 18.8 Å². The molecule has 0 unspecified atom stereocenters. The predicted molar refractivity (Wildman–Crippen MR) is 100 cm³/mol. The number of carbonyl (C=O) groups is 2. The number of fused-ring (bicyclic) bond motifs is 1. The molecule has 3 rings (SSSR count). The van der Waals surface area contributed by atoms with E-state index < -0.39 is 0 Å². The smallest absolute Gasteiger partial charge is 0.309 e. The van der Waals surface area contributed by atoms with Gasteiger partial charge in [0, 0.05) is 20.2 Å². The van der Waals surface area contributed by atoms with E-state index in [1.54, 1.807) is 25.9 Å². The fraction of sp³-hybridized carbons (Fsp3) is 0.579. The molecule has 2 aromatic rings. The quantitative estimate of drug-likeness (QED) is 0.685. The summed E-state index contributed by atoms with van der Waals surface area (Å²) < 4.78 is 17.1. The SMILES string of the molecule is CCOC(=O)C1CCN(C(=O)c2c(C)oc3ncn(CCOC)c(=O)c23)CC1. The van der Waals surface area contributed by atoms with Gasteiger partial charge in [-0.3, -0.25) is 19.0 Å². The highest BCUT2D eigenvalue weighted by Crippen LogP contribution is 2.26. The molecule has 2 aromatic heterocycles. The fourth-order valence-electron chi connectivity index (χ4n) is 3.48. The molecule has 1 aliphatic rings. The van der Waals surface area contributed by atoms with Gasteiger partial charge in [-0.15, -0.1) is 0 Å². The van der Waals surface area contributed by atoms with E-state index in [9.17, 15) is 14.4 Å². The number of aryl methyl sites for hydroxylation is 1. The second kappa shape index (κ2) is 8.55. The van der Waals surface area contributed by atoms with Gasteiger partial charge in [-0.25, -0.2) is 4.98 Å². The Kier molecular flexibility index (Phi) is 6.13. The standard InChI is InChI=1S/C19H25N3O6/c1-4-27-19(25)13-5-7-21(8-6-13)17(23)14-12(2)28-16-15(14)18(24)22(11-20-16)9-10-26-3/h11,13H,4-10H2,1-3H3. The van der Waals surface area contributed by atoms with Crippen LogP contribution in [0.1, 0.15) is 35.9 Å². The van der Waals surface area contributed by atoms with E-state index in [4.69, 9.17) is 13.9 Å². The van der Waals surface area contributed by atoms with Crippen molar-refractivity contribution in [2.45, 2.75) is 33.2 Å². The first-order valence-corrected chi connectivity index (χ1v) is 9.41. The first-order chi connectivity index (χ1) is 13.5. The highest BCUT2D eigenvalue weighted by molar-refractivity contribution is 6.06. The van der Waals surface area contributed by atoms with Crippen LogP contribution in [-0.4, -0.2) is 59.7 Å². The van der Waals surface area contributed by atoms with Crippen molar-refractivity contribution < 1.29 is 23.5 Å². The highest BCUT2D eigenvalue weighted by Gasteiger charge is 2.32. The largest absolute Gasteiger partial charge is 0.466 e. The minimum atomic E-state index is -0.330. The number of rotatable bonds is 6. The van der Waals surface area contributed by atoms with Gasteiger partial charge in [-0.2, -0.15) is 0 Å². The first-order valence-electron chi connectivity index (χ1n) is 9.41. The Morgan fingerprint density at radius 2 is 2.04 bits per heavy atom. The molecule has 0 spiro atoms. The maximum absolute atomic E-state index is 13.1. The summed E-state index contributed by atoms with van der Waals surface area (Å²) in [5.74, 6) is -0.326. The summed E-state index contributed by atoms with van der Waals surface area (Å²) in [4.78, 5) is 43.7. The summed E-state index contributed by atoms with van der Waals surface area (Å²) in [6.07, 6.45) is 2.47. The van der Waals surface area contributed by atoms with Crippen LogP contribution in [0.5, 0.6) is 0 Å². The number of nitrogens with zero attached hydrogens (tertiary/aromatic N) is 3. The van der Waals surface area contributed by atoms with E-state index in [2.05, 4.69) is 4.98 Å². The molecule has 0 radical (unpaired) electrons. The Hall–Kier alpha value is -2.68. The number of piperidine rings is 1. The zero-order chi connectivity index (χ0) is 20.3. The van der Waals surface area contributed by atoms with Crippen LogP contribution in [0.4, 0.5) is 0 Å². The van der Waals surface area contributed by atoms with E-state index in [1.165, 1.54) is 10.9 Å². The molecular weight excluding hydrogens is 366 g/mol. The number of hydrogen-bond acceptors (Lipinski definition) is 7. The number of carbonyl (C=O) groups excluding carboxylic acids is 2. The van der Waals surface area contributed by atoms with E-state index in [0.29, 0.717) is 51.4 Å². The van der Waals surface area contributed by atoms with Crippen LogP contribution in [-0.2, 0) is 20.8 Å². The maximum Gasteiger partial charge on any atom is 0.309 e. The van der Waals surface area contributed by atoms with Crippen molar-refractivity contribution in [3.63, 3.8) is 0 Å². The second-order valence-electron chi connectivity index (χ2n) is 6.77. The summed E-state index contributed by atoms with van der Waals surface area (Å²) in [5, 5.41) is 0.189. The first kappa shape index (κ1) is 20.1. The van der Waals surface area contributed by atoms with Crippen LogP contribution in [0.2, 0.25) is 0 Å². The molecule has 152 valence electrons. The lowest BCUT2D eigenvalue weighted by Gasteiger charge is -2.30. The van der Waals surface area contributed by atoms with Crippen molar-refractivity contribution in [3.8, 4) is 0 Å². The minimum Gasteiger partial charge on any atom is -0.466 e. The zero-order valence-corrected chi connectivity index (χ0v) is 16.4. The van der Waals surface area contributed by atoms with Crippen molar-refractivity contribution >= 4 is 23.0 Å². The Morgan fingerprint density at radius 1 is 1.32 bits per heavy atom. The van der Waals surface area contributed by atoms with Crippen LogP contribution >= 0.6 is 0 Å². The number of methoxy groups -OCH3 is 1. The van der Waals surface area contributed by atoms with E-state index in [-0.39, 0.29) is 40.0 Å². The number of ether oxygens (including phenoxy) is 2. The molecular formula is C19H25N3O6. The summed E-state index contributed by atoms with van der Waals surface area (Å²) in [5.41, 5.74) is 0.0680. The lowest BCUT2D eigenvalue weighted by atomic mass is 9.96. The lowest BCUT2D eigenvalue weighted by molar-refractivity contribution is -0.149. The topological polar surface area (TPSA) is 104 Å². The molecule has 1 saturated heterocycles. The zero-order valence-electron chi connectivity index (χ0n) is 16.4. The number of likely N-dealkylation sites (tertiary alicyclic amines) is 1. The summed E-state index contributed by atoms with van der Waals surface area (Å²) in [6.45, 7) is 5.31. The van der Waals surface area contributed by atoms with Crippen LogP contribution < -0.4 is 5.56 Å². The highest BCUT2D eigenvalue weighted by atomic mass is 16.5. The van der Waals surface area contributed by atoms with Crippen LogP contribution in [0, 0.1) is 12.8 Å². The van der Waals surface area contributed by atoms with Crippen molar-refractivity contribution in [2.24, 2.45) is 5.92 Å². The number of hydrogen-bond donors (Lipinski definition) is 0. The summed E-state index contributed by atoms with van der Waals surface area (Å²) in [7, 11) is 1.55. The summed E-state index contributed by atoms with van der Waals surface area (Å²) in [6, 6.07) is 0. The van der Waals surface area contributed by atoms with Crippen molar-refractivity contribution in [3.05, 3.63) is 28.0 Å². The number of furan rings is 1. The van der Waals surface area contributed by atoms with Crippen molar-refractivity contribution in [2.75, 3.05) is 33.4 Å². The van der Waals surface area contributed by atoms with Gasteiger partial charge in [0.25, 0.3) is 11.5 Å². The summed E-state index contributed by atoms with van der Waals surface area (Å²) >= 11 is 0. The van der Waals surface area contributed by atoms with Crippen LogP contribution in [0.25, 0.3) is 11.1 Å². The van der Waals surface area contributed by atoms with Gasteiger partial charge >= 0.3 is 5.97 Å². The predicted octanol–water partition coefficient (Wildman–Crippen LogP) is 1.36. The van der Waals surface area contributed by atoms with Gasteiger partial charge in [0.15, 0.2) is 0 Å². The average molecular weight is 391 g/mol. The van der Waals surface area contributed by atoms with Gasteiger partial charge in [-0.05, 0) is 26.7 Å². The Balaban J connectivity index is 1.85. The monoisotopic (exact) mass is 391 g/mol. The van der Waals surface area contributed by atoms with E-state index in [1.807, 2.05) is 0 Å². The molecule has 28 heavy (non-hydrogen) atoms. The molecule has 1 fully saturated rings. The van der Waals surface area contributed by atoms with Gasteiger partial charge in [0.1, 0.15) is 17.5 Å². The van der Waals surface area contributed by atoms with E-state index >= 15 is 0 Å². The Labute approximate surface area is 162 Å². The van der Waals surface area contributed by atoms with Gasteiger partial charge in [0.2, 0.25) is 5.71 Å². The average Bonchev–Trinajstić information content (AvgIpc) is 3.04. The van der Waals surface area contributed by atoms with Gasteiger partial charge in [-0.1, -0.05) is 0 Å². The molecule has 3 heterocycles. The normalized spacial score (nSPS) is 15.2. The van der Waals surface area contributed by atoms with Crippen molar-refractivity contribution in [1.29, 1.82) is 0 Å². The van der Waals surface area contributed by atoms with Crippen molar-refractivity contribution in [1.82, 2.24) is 14.5 Å². The molecule has 1 aliphatic heterocycles. The molecule has 1 amide bonds. The van der Waals surface area contributed by atoms with Gasteiger partial charge in [0.05, 0.1) is 31.2 Å². The van der Waals surface area contributed by atoms with Crippen LogP contribution in [0.15, 0.2) is 15.5 Å². The molecule has 9 nitrogen and oxygen atoms in total. The molecule has 0 aromatic carbocycles. The fourth-order valence-corrected chi connectivity index (χ4v) is 3.48. The molecule has 0 atom stereocenters. The maximum atomic E-state index is 13.1. The molecule has 0 bridgehead atoms. The lowest BCUT2D eigenvalue weighted by Crippen LogP contribution is -2.41.